The zero-order valence-corrected chi connectivity index (χ0v) is 13.0. The molecule has 0 radical (unpaired) electrons. The van der Waals surface area contributed by atoms with Crippen molar-refractivity contribution in [1.29, 1.82) is 0 Å². The largest absolute Gasteiger partial charge is 0.449 e. The number of benzene rings is 2. The molecule has 0 atom stereocenters. The Morgan fingerprint density at radius 3 is 2.65 bits per heavy atom. The number of furan rings is 1. The number of para-hydroxylation sites is 1. The second-order valence-corrected chi connectivity index (χ2v) is 5.71. The van der Waals surface area contributed by atoms with Crippen molar-refractivity contribution < 1.29 is 8.98 Å². The van der Waals surface area contributed by atoms with Crippen molar-refractivity contribution in [2.24, 2.45) is 7.05 Å². The SMILES string of the molecule is [C-]#[N+]c1ccc2c(-c3oc4ccccc4c3C)[n+](C)ccc2c1. The van der Waals surface area contributed by atoms with Crippen LogP contribution in [0.15, 0.2) is 59.1 Å². The summed E-state index contributed by atoms with van der Waals surface area (Å²) in [4.78, 5) is 3.52. The summed E-state index contributed by atoms with van der Waals surface area (Å²) >= 11 is 0. The van der Waals surface area contributed by atoms with Crippen LogP contribution in [0.5, 0.6) is 0 Å². The van der Waals surface area contributed by atoms with Gasteiger partial charge in [0.05, 0.1) is 12.0 Å². The molecule has 0 fully saturated rings. The van der Waals surface area contributed by atoms with Crippen LogP contribution in [0.3, 0.4) is 0 Å². The maximum Gasteiger partial charge on any atom is 0.256 e. The maximum absolute atomic E-state index is 7.19. The molecular formula is C20H15N2O+. The summed E-state index contributed by atoms with van der Waals surface area (Å²) in [5.74, 6) is 0.884. The Kier molecular flexibility index (Phi) is 2.92. The zero-order valence-electron chi connectivity index (χ0n) is 13.0. The molecule has 0 aliphatic heterocycles. The monoisotopic (exact) mass is 299 g/mol. The van der Waals surface area contributed by atoms with Gasteiger partial charge in [0.1, 0.15) is 12.6 Å². The van der Waals surface area contributed by atoms with E-state index >= 15 is 0 Å². The van der Waals surface area contributed by atoms with Gasteiger partial charge in [-0.1, -0.05) is 30.3 Å². The fourth-order valence-electron chi connectivity index (χ4n) is 3.11. The van der Waals surface area contributed by atoms with Gasteiger partial charge in [-0.15, -0.1) is 0 Å². The molecule has 0 spiro atoms. The van der Waals surface area contributed by atoms with Gasteiger partial charge in [-0.25, -0.2) is 4.85 Å². The number of nitrogens with zero attached hydrogens (tertiary/aromatic N) is 2. The van der Waals surface area contributed by atoms with E-state index in [0.29, 0.717) is 5.69 Å². The summed E-state index contributed by atoms with van der Waals surface area (Å²) in [6.45, 7) is 9.28. The van der Waals surface area contributed by atoms with Crippen molar-refractivity contribution >= 4 is 27.4 Å². The van der Waals surface area contributed by atoms with E-state index in [1.807, 2.05) is 55.7 Å². The minimum Gasteiger partial charge on any atom is -0.449 e. The molecule has 110 valence electrons. The molecule has 0 saturated heterocycles. The van der Waals surface area contributed by atoms with Crippen molar-refractivity contribution in [3.63, 3.8) is 0 Å². The van der Waals surface area contributed by atoms with Crippen LogP contribution >= 0.6 is 0 Å². The Morgan fingerprint density at radius 2 is 1.87 bits per heavy atom. The Balaban J connectivity index is 2.09. The van der Waals surface area contributed by atoms with Crippen LogP contribution in [-0.4, -0.2) is 0 Å². The fraction of sp³-hybridized carbons (Fsp3) is 0.100. The Labute approximate surface area is 134 Å². The third kappa shape index (κ3) is 2.00. The molecule has 3 heteroatoms. The van der Waals surface area contributed by atoms with Crippen molar-refractivity contribution in [3.05, 3.63) is 71.7 Å². The lowest BCUT2D eigenvalue weighted by molar-refractivity contribution is -0.659. The van der Waals surface area contributed by atoms with E-state index in [1.54, 1.807) is 0 Å². The second kappa shape index (κ2) is 4.96. The maximum atomic E-state index is 7.19. The van der Waals surface area contributed by atoms with E-state index < -0.39 is 0 Å². The number of aromatic nitrogens is 1. The highest BCUT2D eigenvalue weighted by molar-refractivity contribution is 5.97. The third-order valence-corrected chi connectivity index (χ3v) is 4.31. The van der Waals surface area contributed by atoms with Gasteiger partial charge < -0.3 is 4.42 Å². The van der Waals surface area contributed by atoms with Gasteiger partial charge in [0.2, 0.25) is 5.76 Å². The molecular weight excluding hydrogens is 284 g/mol. The molecule has 2 aromatic heterocycles. The van der Waals surface area contributed by atoms with E-state index in [9.17, 15) is 0 Å². The Hall–Kier alpha value is -3.12. The second-order valence-electron chi connectivity index (χ2n) is 5.71. The first kappa shape index (κ1) is 13.5. The zero-order chi connectivity index (χ0) is 16.0. The molecule has 23 heavy (non-hydrogen) atoms. The van der Waals surface area contributed by atoms with Gasteiger partial charge in [-0.05, 0) is 24.4 Å². The molecule has 0 saturated carbocycles. The molecule has 4 rings (SSSR count). The van der Waals surface area contributed by atoms with Crippen LogP contribution < -0.4 is 4.57 Å². The van der Waals surface area contributed by atoms with Crippen LogP contribution in [0, 0.1) is 13.5 Å². The number of aryl methyl sites for hydroxylation is 2. The topological polar surface area (TPSA) is 21.4 Å². The minimum atomic E-state index is 0.652. The first-order valence-electron chi connectivity index (χ1n) is 7.47. The normalized spacial score (nSPS) is 11.0. The minimum absolute atomic E-state index is 0.652. The number of pyridine rings is 1. The van der Waals surface area contributed by atoms with Crippen LogP contribution in [0.1, 0.15) is 5.56 Å². The fourth-order valence-corrected chi connectivity index (χ4v) is 3.11. The van der Waals surface area contributed by atoms with Gasteiger partial charge in [0.25, 0.3) is 5.69 Å². The van der Waals surface area contributed by atoms with E-state index in [1.165, 1.54) is 0 Å². The molecule has 0 unspecified atom stereocenters. The van der Waals surface area contributed by atoms with Crippen molar-refractivity contribution in [3.8, 4) is 11.5 Å². The standard InChI is InChI=1S/C20H15N2O/c1-13-16-6-4-5-7-18(16)23-20(13)19-17-9-8-15(21-2)12-14(17)10-11-22(19)3/h4-12H,1,3H3/q+1. The number of hydrogen-bond acceptors (Lipinski definition) is 1. The summed E-state index contributed by atoms with van der Waals surface area (Å²) in [6, 6.07) is 15.9. The van der Waals surface area contributed by atoms with Crippen molar-refractivity contribution in [1.82, 2.24) is 0 Å². The van der Waals surface area contributed by atoms with Crippen LogP contribution in [0.25, 0.3) is 38.0 Å². The molecule has 2 aromatic carbocycles. The predicted molar refractivity (Wildman–Crippen MR) is 91.3 cm³/mol. The van der Waals surface area contributed by atoms with E-state index in [2.05, 4.69) is 22.4 Å². The first-order chi connectivity index (χ1) is 11.2. The number of fused-ring (bicyclic) bond motifs is 2. The number of rotatable bonds is 1. The highest BCUT2D eigenvalue weighted by Crippen LogP contribution is 2.35. The quantitative estimate of drug-likeness (QED) is 0.360. The highest BCUT2D eigenvalue weighted by Gasteiger charge is 2.22. The summed E-state index contributed by atoms with van der Waals surface area (Å²) in [6.07, 6.45) is 2.01. The number of hydrogen-bond donors (Lipinski definition) is 0. The summed E-state index contributed by atoms with van der Waals surface area (Å²) < 4.78 is 8.22. The van der Waals surface area contributed by atoms with Crippen LogP contribution in [0.2, 0.25) is 0 Å². The average molecular weight is 299 g/mol. The van der Waals surface area contributed by atoms with Gasteiger partial charge in [-0.2, -0.15) is 4.57 Å². The van der Waals surface area contributed by atoms with Crippen LogP contribution in [-0.2, 0) is 7.05 Å². The average Bonchev–Trinajstić information content (AvgIpc) is 2.91. The van der Waals surface area contributed by atoms with Gasteiger partial charge in [0, 0.05) is 17.0 Å². The Morgan fingerprint density at radius 1 is 1.04 bits per heavy atom. The van der Waals surface area contributed by atoms with Crippen LogP contribution in [0.4, 0.5) is 5.69 Å². The lowest BCUT2D eigenvalue weighted by Gasteiger charge is -2.04. The van der Waals surface area contributed by atoms with Gasteiger partial charge in [-0.3, -0.25) is 0 Å². The lowest BCUT2D eigenvalue weighted by atomic mass is 10.0. The third-order valence-electron chi connectivity index (χ3n) is 4.31. The smallest absolute Gasteiger partial charge is 0.256 e. The Bertz CT molecular complexity index is 1100. The van der Waals surface area contributed by atoms with E-state index in [-0.39, 0.29) is 0 Å². The highest BCUT2D eigenvalue weighted by atomic mass is 16.3. The summed E-state index contributed by atoms with van der Waals surface area (Å²) in [7, 11) is 2.02. The first-order valence-corrected chi connectivity index (χ1v) is 7.47. The molecule has 0 N–H and O–H groups in total. The van der Waals surface area contributed by atoms with E-state index in [4.69, 9.17) is 11.0 Å². The lowest BCUT2D eigenvalue weighted by Crippen LogP contribution is -2.30. The van der Waals surface area contributed by atoms with E-state index in [0.717, 1.165) is 38.8 Å². The molecule has 0 aliphatic carbocycles. The molecule has 3 nitrogen and oxygen atoms in total. The molecule has 0 aliphatic rings. The summed E-state index contributed by atoms with van der Waals surface area (Å²) in [5.41, 5.74) is 3.72. The molecule has 0 amide bonds. The summed E-state index contributed by atoms with van der Waals surface area (Å²) in [5, 5.41) is 3.27. The molecule has 4 aromatic rings. The molecule has 0 bridgehead atoms. The van der Waals surface area contributed by atoms with Crippen molar-refractivity contribution in [2.75, 3.05) is 0 Å². The predicted octanol–water partition coefficient (Wildman–Crippen LogP) is 4.94. The molecule has 2 heterocycles. The van der Waals surface area contributed by atoms with Crippen molar-refractivity contribution in [2.45, 2.75) is 6.92 Å². The van der Waals surface area contributed by atoms with Gasteiger partial charge in [0.15, 0.2) is 11.9 Å². The van der Waals surface area contributed by atoms with Gasteiger partial charge >= 0.3 is 0 Å².